The maximum Gasteiger partial charge on any atom is 0.256 e. The van der Waals surface area contributed by atoms with E-state index in [2.05, 4.69) is 20.2 Å². The van der Waals surface area contributed by atoms with Gasteiger partial charge in [0.25, 0.3) is 5.91 Å². The molecule has 1 saturated heterocycles. The Hall–Kier alpha value is -3.45. The average Bonchev–Trinajstić information content (AvgIpc) is 2.74. The number of carbonyl (C=O) groups excluding carboxylic acids is 1. The van der Waals surface area contributed by atoms with Gasteiger partial charge in [0, 0.05) is 18.7 Å². The van der Waals surface area contributed by atoms with Gasteiger partial charge in [-0.25, -0.2) is 9.97 Å². The molecular formula is C24H26N4O3. The summed E-state index contributed by atoms with van der Waals surface area (Å²) in [6, 6.07) is 12.5. The van der Waals surface area contributed by atoms with E-state index in [1.54, 1.807) is 30.6 Å². The van der Waals surface area contributed by atoms with Crippen LogP contribution in [0.3, 0.4) is 0 Å². The minimum atomic E-state index is -0.219. The summed E-state index contributed by atoms with van der Waals surface area (Å²) in [6.07, 6.45) is 3.50. The van der Waals surface area contributed by atoms with Crippen molar-refractivity contribution in [2.45, 2.75) is 33.0 Å². The van der Waals surface area contributed by atoms with Crippen molar-refractivity contribution in [3.8, 4) is 16.9 Å². The maximum absolute atomic E-state index is 12.9. The molecule has 7 nitrogen and oxygen atoms in total. The average molecular weight is 418 g/mol. The monoisotopic (exact) mass is 418 g/mol. The number of aromatic nitrogens is 2. The van der Waals surface area contributed by atoms with Gasteiger partial charge in [-0.05, 0) is 55.7 Å². The number of ether oxygens (including phenoxy) is 1. The quantitative estimate of drug-likeness (QED) is 0.665. The van der Waals surface area contributed by atoms with Crippen LogP contribution in [0, 0.1) is 6.92 Å². The summed E-state index contributed by atoms with van der Waals surface area (Å²) in [6.45, 7) is 7.45. The number of phenolic OH excluding ortho intramolecular Hbond substituents is 1. The number of hydrogen-bond donors (Lipinski definition) is 2. The number of aromatic hydroxyl groups is 1. The second-order valence-corrected chi connectivity index (χ2v) is 7.91. The Balaban J connectivity index is 1.50. The van der Waals surface area contributed by atoms with Crippen LogP contribution < -0.4 is 10.2 Å². The first kappa shape index (κ1) is 20.8. The normalized spacial score (nSPS) is 18.6. The largest absolute Gasteiger partial charge is 0.508 e. The number of carbonyl (C=O) groups is 1. The molecule has 160 valence electrons. The van der Waals surface area contributed by atoms with Gasteiger partial charge in [0.2, 0.25) is 5.95 Å². The van der Waals surface area contributed by atoms with Crippen LogP contribution in [-0.2, 0) is 4.74 Å². The zero-order valence-electron chi connectivity index (χ0n) is 17.9. The van der Waals surface area contributed by atoms with Crippen molar-refractivity contribution in [1.29, 1.82) is 0 Å². The van der Waals surface area contributed by atoms with E-state index in [4.69, 9.17) is 4.74 Å². The van der Waals surface area contributed by atoms with Gasteiger partial charge in [0.15, 0.2) is 0 Å². The lowest BCUT2D eigenvalue weighted by Crippen LogP contribution is -2.46. The maximum atomic E-state index is 12.9. The molecule has 1 aliphatic heterocycles. The molecule has 0 saturated carbocycles. The molecule has 31 heavy (non-hydrogen) atoms. The molecule has 1 aliphatic rings. The molecule has 2 heterocycles. The SMILES string of the molecule is Cc1c(C(=O)Nc2cnc(N3C[C@@H](C)O[C@@H](C)C3)nc2)cccc1-c1ccc(O)cc1. The number of nitrogens with zero attached hydrogens (tertiary/aromatic N) is 3. The fourth-order valence-electron chi connectivity index (χ4n) is 3.92. The molecule has 0 bridgehead atoms. The summed E-state index contributed by atoms with van der Waals surface area (Å²) >= 11 is 0. The number of morpholine rings is 1. The van der Waals surface area contributed by atoms with Gasteiger partial charge < -0.3 is 20.1 Å². The molecule has 1 fully saturated rings. The number of phenols is 1. The molecule has 2 N–H and O–H groups in total. The molecular weight excluding hydrogens is 392 g/mol. The minimum Gasteiger partial charge on any atom is -0.508 e. The number of nitrogens with one attached hydrogen (secondary N) is 1. The van der Waals surface area contributed by atoms with Crippen molar-refractivity contribution in [2.24, 2.45) is 0 Å². The smallest absolute Gasteiger partial charge is 0.256 e. The summed E-state index contributed by atoms with van der Waals surface area (Å²) in [5.41, 5.74) is 3.85. The van der Waals surface area contributed by atoms with Crippen molar-refractivity contribution in [3.05, 3.63) is 66.0 Å². The summed E-state index contributed by atoms with van der Waals surface area (Å²) in [7, 11) is 0. The third-order valence-corrected chi connectivity index (χ3v) is 5.36. The summed E-state index contributed by atoms with van der Waals surface area (Å²) in [4.78, 5) is 23.9. The molecule has 7 heteroatoms. The van der Waals surface area contributed by atoms with E-state index in [9.17, 15) is 9.90 Å². The lowest BCUT2D eigenvalue weighted by Gasteiger charge is -2.35. The van der Waals surface area contributed by atoms with Gasteiger partial charge in [0.1, 0.15) is 5.75 Å². The lowest BCUT2D eigenvalue weighted by molar-refractivity contribution is -0.00571. The van der Waals surface area contributed by atoms with Crippen molar-refractivity contribution < 1.29 is 14.6 Å². The van der Waals surface area contributed by atoms with Crippen molar-refractivity contribution in [3.63, 3.8) is 0 Å². The molecule has 1 amide bonds. The van der Waals surface area contributed by atoms with Gasteiger partial charge in [-0.2, -0.15) is 0 Å². The van der Waals surface area contributed by atoms with Crippen LogP contribution in [0.2, 0.25) is 0 Å². The van der Waals surface area contributed by atoms with Gasteiger partial charge in [0.05, 0.1) is 30.3 Å². The highest BCUT2D eigenvalue weighted by Crippen LogP contribution is 2.27. The Bertz CT molecular complexity index is 1060. The van der Waals surface area contributed by atoms with E-state index in [1.165, 1.54) is 0 Å². The van der Waals surface area contributed by atoms with E-state index >= 15 is 0 Å². The predicted molar refractivity (Wildman–Crippen MR) is 120 cm³/mol. The molecule has 0 unspecified atom stereocenters. The second kappa shape index (κ2) is 8.73. The van der Waals surface area contributed by atoms with Crippen molar-refractivity contribution >= 4 is 17.5 Å². The van der Waals surface area contributed by atoms with Gasteiger partial charge >= 0.3 is 0 Å². The third-order valence-electron chi connectivity index (χ3n) is 5.36. The highest BCUT2D eigenvalue weighted by Gasteiger charge is 2.24. The van der Waals surface area contributed by atoms with Gasteiger partial charge in [-0.15, -0.1) is 0 Å². The number of rotatable bonds is 4. The van der Waals surface area contributed by atoms with Gasteiger partial charge in [-0.3, -0.25) is 4.79 Å². The first-order chi connectivity index (χ1) is 14.9. The number of amides is 1. The second-order valence-electron chi connectivity index (χ2n) is 7.91. The molecule has 3 aromatic rings. The summed E-state index contributed by atoms with van der Waals surface area (Å²) < 4.78 is 5.76. The summed E-state index contributed by atoms with van der Waals surface area (Å²) in [5.74, 6) is 0.619. The Morgan fingerprint density at radius 1 is 1.06 bits per heavy atom. The third kappa shape index (κ3) is 4.67. The molecule has 2 aromatic carbocycles. The van der Waals surface area contributed by atoms with E-state index in [-0.39, 0.29) is 23.9 Å². The predicted octanol–water partition coefficient (Wildman–Crippen LogP) is 4.02. The fourth-order valence-corrected chi connectivity index (χ4v) is 3.92. The number of anilines is 2. The zero-order chi connectivity index (χ0) is 22.0. The minimum absolute atomic E-state index is 0.121. The Labute approximate surface area is 181 Å². The van der Waals surface area contributed by atoms with E-state index < -0.39 is 0 Å². The van der Waals surface area contributed by atoms with Crippen LogP contribution in [0.1, 0.15) is 29.8 Å². The number of benzene rings is 2. The molecule has 0 spiro atoms. The van der Waals surface area contributed by atoms with Crippen LogP contribution in [0.4, 0.5) is 11.6 Å². The van der Waals surface area contributed by atoms with E-state index in [1.807, 2.05) is 45.0 Å². The van der Waals surface area contributed by atoms with Gasteiger partial charge in [-0.1, -0.05) is 24.3 Å². The van der Waals surface area contributed by atoms with Crippen molar-refractivity contribution in [2.75, 3.05) is 23.3 Å². The molecule has 0 radical (unpaired) electrons. The Kier molecular flexibility index (Phi) is 5.86. The van der Waals surface area contributed by atoms with E-state index in [0.29, 0.717) is 17.2 Å². The molecule has 0 aliphatic carbocycles. The summed E-state index contributed by atoms with van der Waals surface area (Å²) in [5, 5.41) is 12.4. The zero-order valence-corrected chi connectivity index (χ0v) is 17.9. The number of hydrogen-bond acceptors (Lipinski definition) is 6. The van der Waals surface area contributed by atoms with E-state index in [0.717, 1.165) is 29.8 Å². The highest BCUT2D eigenvalue weighted by atomic mass is 16.5. The van der Waals surface area contributed by atoms with Crippen LogP contribution in [0.15, 0.2) is 54.9 Å². The lowest BCUT2D eigenvalue weighted by atomic mass is 9.96. The topological polar surface area (TPSA) is 87.6 Å². The molecule has 1 aromatic heterocycles. The first-order valence-electron chi connectivity index (χ1n) is 10.3. The highest BCUT2D eigenvalue weighted by molar-refractivity contribution is 6.06. The van der Waals surface area contributed by atoms with Crippen molar-refractivity contribution in [1.82, 2.24) is 9.97 Å². The standard InChI is InChI=1S/C24H26N4O3/c1-15-13-28(14-16(2)31-15)24-25-11-19(12-26-24)27-23(30)22-6-4-5-21(17(22)3)18-7-9-20(29)10-8-18/h4-12,15-16,29H,13-14H2,1-3H3,(H,27,30)/t15-,16+. The first-order valence-corrected chi connectivity index (χ1v) is 10.3. The molecule has 4 rings (SSSR count). The van der Waals surface area contributed by atoms with Crippen LogP contribution in [0.25, 0.3) is 11.1 Å². The Morgan fingerprint density at radius 3 is 2.35 bits per heavy atom. The van der Waals surface area contributed by atoms with Crippen LogP contribution in [-0.4, -0.2) is 46.3 Å². The Morgan fingerprint density at radius 2 is 1.71 bits per heavy atom. The van der Waals surface area contributed by atoms with Crippen LogP contribution >= 0.6 is 0 Å². The fraction of sp³-hybridized carbons (Fsp3) is 0.292. The van der Waals surface area contributed by atoms with Crippen LogP contribution in [0.5, 0.6) is 5.75 Å². The molecule has 2 atom stereocenters.